The largest absolute Gasteiger partial charge is 0.418 e. The predicted molar refractivity (Wildman–Crippen MR) is 51.2 cm³/mol. The Kier molecular flexibility index (Phi) is 4.03. The Bertz CT molecular complexity index is 464. The predicted octanol–water partition coefficient (Wildman–Crippen LogP) is 3.87. The normalized spacial score (nSPS) is 11.6. The molecule has 0 atom stereocenters. The van der Waals surface area contributed by atoms with Gasteiger partial charge in [0.2, 0.25) is 0 Å². The smallest absolute Gasteiger partial charge is 0.248 e. The Morgan fingerprint density at radius 2 is 2.00 bits per heavy atom. The second-order valence-corrected chi connectivity index (χ2v) is 3.74. The number of nitrogens with zero attached hydrogens (tertiary/aromatic N) is 2. The molecule has 92 valence electrons. The molecule has 0 fully saturated rings. The molecule has 0 aliphatic carbocycles. The van der Waals surface area contributed by atoms with Gasteiger partial charge in [0.1, 0.15) is 4.60 Å². The fourth-order valence-corrected chi connectivity index (χ4v) is 1.72. The van der Waals surface area contributed by atoms with Crippen LogP contribution in [0.4, 0.5) is 22.0 Å². The van der Waals surface area contributed by atoms with Crippen LogP contribution in [-0.2, 0) is 12.6 Å². The molecule has 17 heavy (non-hydrogen) atoms. The number of hydrogen-bond donors (Lipinski definition) is 0. The quantitative estimate of drug-likeness (QED) is 0.614. The molecule has 1 aromatic rings. The van der Waals surface area contributed by atoms with E-state index in [1.165, 1.54) is 6.07 Å². The number of halogens is 6. The summed E-state index contributed by atoms with van der Waals surface area (Å²) in [7, 11) is 0. The van der Waals surface area contributed by atoms with Crippen molar-refractivity contribution >= 4 is 15.9 Å². The lowest BCUT2D eigenvalue weighted by Gasteiger charge is -2.15. The highest BCUT2D eigenvalue weighted by atomic mass is 79.9. The molecule has 0 radical (unpaired) electrons. The van der Waals surface area contributed by atoms with Gasteiger partial charge in [-0.3, -0.25) is 0 Å². The van der Waals surface area contributed by atoms with Gasteiger partial charge in [0.25, 0.3) is 6.43 Å². The van der Waals surface area contributed by atoms with Gasteiger partial charge in [-0.05, 0) is 15.9 Å². The lowest BCUT2D eigenvalue weighted by Crippen LogP contribution is -2.13. The fraction of sp³-hybridized carbons (Fsp3) is 0.333. The first-order valence-electron chi connectivity index (χ1n) is 4.18. The Morgan fingerprint density at radius 3 is 2.41 bits per heavy atom. The third-order valence-corrected chi connectivity index (χ3v) is 2.63. The molecule has 0 N–H and O–H groups in total. The molecule has 0 saturated heterocycles. The molecule has 8 heteroatoms. The van der Waals surface area contributed by atoms with E-state index in [2.05, 4.69) is 20.9 Å². The van der Waals surface area contributed by atoms with Crippen LogP contribution in [-0.4, -0.2) is 4.98 Å². The summed E-state index contributed by atoms with van der Waals surface area (Å²) in [6, 6.07) is 1.53. The van der Waals surface area contributed by atoms with Crippen LogP contribution in [0, 0.1) is 11.3 Å². The molecule has 0 spiro atoms. The molecule has 0 saturated carbocycles. The van der Waals surface area contributed by atoms with Crippen molar-refractivity contribution < 1.29 is 22.0 Å². The topological polar surface area (TPSA) is 36.7 Å². The van der Waals surface area contributed by atoms with Crippen LogP contribution in [0.15, 0.2) is 10.8 Å². The van der Waals surface area contributed by atoms with Gasteiger partial charge in [0, 0.05) is 17.3 Å². The van der Waals surface area contributed by atoms with Gasteiger partial charge in [-0.1, -0.05) is 0 Å². The highest BCUT2D eigenvalue weighted by molar-refractivity contribution is 9.10. The highest BCUT2D eigenvalue weighted by Gasteiger charge is 2.38. The second-order valence-electron chi connectivity index (χ2n) is 2.99. The summed E-state index contributed by atoms with van der Waals surface area (Å²) in [6.07, 6.45) is -8.50. The van der Waals surface area contributed by atoms with Crippen molar-refractivity contribution in [3.63, 3.8) is 0 Å². The van der Waals surface area contributed by atoms with Crippen molar-refractivity contribution in [3.8, 4) is 6.07 Å². The molecule has 1 aromatic heterocycles. The van der Waals surface area contributed by atoms with E-state index in [1.54, 1.807) is 0 Å². The number of aromatic nitrogens is 1. The van der Waals surface area contributed by atoms with Gasteiger partial charge in [-0.2, -0.15) is 18.4 Å². The van der Waals surface area contributed by atoms with Crippen molar-refractivity contribution in [1.82, 2.24) is 4.98 Å². The fourth-order valence-electron chi connectivity index (χ4n) is 1.26. The first-order chi connectivity index (χ1) is 7.79. The minimum Gasteiger partial charge on any atom is -0.248 e. The van der Waals surface area contributed by atoms with E-state index in [0.29, 0.717) is 6.20 Å². The van der Waals surface area contributed by atoms with Crippen molar-refractivity contribution in [2.24, 2.45) is 0 Å². The maximum Gasteiger partial charge on any atom is 0.418 e. The van der Waals surface area contributed by atoms with Gasteiger partial charge in [0.15, 0.2) is 0 Å². The zero-order chi connectivity index (χ0) is 13.2. The van der Waals surface area contributed by atoms with Crippen LogP contribution < -0.4 is 0 Å². The molecule has 0 bridgehead atoms. The third-order valence-electron chi connectivity index (χ3n) is 1.95. The Labute approximate surface area is 101 Å². The van der Waals surface area contributed by atoms with E-state index < -0.39 is 35.7 Å². The van der Waals surface area contributed by atoms with Crippen LogP contribution in [0.5, 0.6) is 0 Å². The highest BCUT2D eigenvalue weighted by Crippen LogP contribution is 2.39. The summed E-state index contributed by atoms with van der Waals surface area (Å²) < 4.78 is 62.6. The first-order valence-corrected chi connectivity index (χ1v) is 4.98. The molecule has 0 aliphatic rings. The summed E-state index contributed by atoms with van der Waals surface area (Å²) in [6.45, 7) is 0. The van der Waals surface area contributed by atoms with Gasteiger partial charge in [-0.25, -0.2) is 13.8 Å². The third kappa shape index (κ3) is 2.91. The Morgan fingerprint density at radius 1 is 1.41 bits per heavy atom. The second kappa shape index (κ2) is 4.96. The van der Waals surface area contributed by atoms with Gasteiger partial charge in [0.05, 0.1) is 18.1 Å². The average Bonchev–Trinajstić information content (AvgIpc) is 2.18. The van der Waals surface area contributed by atoms with Crippen molar-refractivity contribution in [3.05, 3.63) is 27.5 Å². The van der Waals surface area contributed by atoms with Crippen LogP contribution >= 0.6 is 15.9 Å². The number of pyridine rings is 1. The zero-order valence-electron chi connectivity index (χ0n) is 8.02. The molecule has 0 aliphatic heterocycles. The van der Waals surface area contributed by atoms with E-state index in [0.717, 1.165) is 0 Å². The molecule has 0 unspecified atom stereocenters. The van der Waals surface area contributed by atoms with Crippen LogP contribution in [0.25, 0.3) is 0 Å². The number of nitriles is 1. The maximum absolute atomic E-state index is 12.7. The van der Waals surface area contributed by atoms with Crippen molar-refractivity contribution in [2.75, 3.05) is 0 Å². The molecular formula is C9H4BrF5N2. The lowest BCUT2D eigenvalue weighted by atomic mass is 10.0. The number of alkyl halides is 5. The van der Waals surface area contributed by atoms with E-state index >= 15 is 0 Å². The molecule has 2 nitrogen and oxygen atoms in total. The van der Waals surface area contributed by atoms with Gasteiger partial charge < -0.3 is 0 Å². The standard InChI is InChI=1S/C9H4BrF5N2/c10-7-4(1-2-16)6(8(11)12)5(3-17-7)9(13,14)15/h3,8H,1H2. The minimum absolute atomic E-state index is 0.178. The average molecular weight is 315 g/mol. The summed E-state index contributed by atoms with van der Waals surface area (Å²) in [4.78, 5) is 3.32. The first kappa shape index (κ1) is 13.8. The zero-order valence-corrected chi connectivity index (χ0v) is 9.61. The Hall–Kier alpha value is -1.23. The Balaban J connectivity index is 3.54. The summed E-state index contributed by atoms with van der Waals surface area (Å²) in [5.74, 6) is 0. The van der Waals surface area contributed by atoms with Gasteiger partial charge >= 0.3 is 6.18 Å². The van der Waals surface area contributed by atoms with E-state index in [1.807, 2.05) is 0 Å². The van der Waals surface area contributed by atoms with Gasteiger partial charge in [-0.15, -0.1) is 0 Å². The molecule has 1 heterocycles. The molecule has 0 aromatic carbocycles. The molecular weight excluding hydrogens is 311 g/mol. The summed E-state index contributed by atoms with van der Waals surface area (Å²) >= 11 is 2.75. The van der Waals surface area contributed by atoms with Crippen molar-refractivity contribution in [1.29, 1.82) is 5.26 Å². The lowest BCUT2D eigenvalue weighted by molar-refractivity contribution is -0.139. The van der Waals surface area contributed by atoms with Crippen LogP contribution in [0.1, 0.15) is 23.1 Å². The number of rotatable bonds is 2. The summed E-state index contributed by atoms with van der Waals surface area (Å²) in [5, 5.41) is 8.42. The SMILES string of the molecule is N#CCc1c(Br)ncc(C(F)(F)F)c1C(F)F. The van der Waals surface area contributed by atoms with E-state index in [-0.39, 0.29) is 4.60 Å². The monoisotopic (exact) mass is 314 g/mol. The van der Waals surface area contributed by atoms with E-state index in [9.17, 15) is 22.0 Å². The summed E-state index contributed by atoms with van der Waals surface area (Å²) in [5.41, 5.74) is -3.14. The minimum atomic E-state index is -4.93. The maximum atomic E-state index is 12.7. The molecule has 1 rings (SSSR count). The van der Waals surface area contributed by atoms with E-state index in [4.69, 9.17) is 5.26 Å². The van der Waals surface area contributed by atoms with Crippen molar-refractivity contribution in [2.45, 2.75) is 19.0 Å². The van der Waals surface area contributed by atoms with Crippen LogP contribution in [0.3, 0.4) is 0 Å². The number of hydrogen-bond acceptors (Lipinski definition) is 2. The molecule has 0 amide bonds. The van der Waals surface area contributed by atoms with Crippen LogP contribution in [0.2, 0.25) is 0 Å².